The molecule has 0 amide bonds. The Morgan fingerprint density at radius 3 is 2.47 bits per heavy atom. The molecule has 4 aromatic rings. The third-order valence-corrected chi connectivity index (χ3v) is 7.35. The summed E-state index contributed by atoms with van der Waals surface area (Å²) in [4.78, 5) is 25.4. The van der Waals surface area contributed by atoms with Crippen molar-refractivity contribution in [2.24, 2.45) is 0 Å². The van der Waals surface area contributed by atoms with Crippen molar-refractivity contribution in [3.8, 4) is 17.2 Å². The third-order valence-electron chi connectivity index (χ3n) is 5.22. The second kappa shape index (κ2) is 10.7. The van der Waals surface area contributed by atoms with Gasteiger partial charge in [-0.2, -0.15) is 0 Å². The lowest BCUT2D eigenvalue weighted by molar-refractivity contribution is -0.134. The number of hydrogen-bond donors (Lipinski definition) is 1. The van der Waals surface area contributed by atoms with Crippen molar-refractivity contribution < 1.29 is 27.1 Å². The molecule has 36 heavy (non-hydrogen) atoms. The number of para-hydroxylation sites is 1. The maximum Gasteiger partial charge on any atom is 0.312 e. The van der Waals surface area contributed by atoms with E-state index in [1.54, 1.807) is 37.3 Å². The van der Waals surface area contributed by atoms with Gasteiger partial charge in [0, 0.05) is 12.6 Å². The Hall–Kier alpha value is -3.47. The number of halogens is 1. The van der Waals surface area contributed by atoms with Crippen molar-refractivity contribution in [1.82, 2.24) is 4.72 Å². The molecule has 0 unspecified atom stereocenters. The van der Waals surface area contributed by atoms with Gasteiger partial charge in [-0.05, 0) is 66.2 Å². The third kappa shape index (κ3) is 5.84. The van der Waals surface area contributed by atoms with Gasteiger partial charge in [0.1, 0.15) is 22.8 Å². The Morgan fingerprint density at radius 2 is 1.75 bits per heavy atom. The van der Waals surface area contributed by atoms with Crippen LogP contribution in [0.4, 0.5) is 0 Å². The SMILES string of the molecule is Cc1ccc(S(=O)(=O)NCCC(=O)Oc2ccc3c(=O)c(Oc4ccccc4Br)c(C)oc3c2)cc1. The first-order valence-corrected chi connectivity index (χ1v) is 13.2. The van der Waals surface area contributed by atoms with E-state index in [0.29, 0.717) is 10.2 Å². The summed E-state index contributed by atoms with van der Waals surface area (Å²) >= 11 is 3.38. The summed E-state index contributed by atoms with van der Waals surface area (Å²) in [7, 11) is -3.74. The summed E-state index contributed by atoms with van der Waals surface area (Å²) in [6.45, 7) is 3.33. The Kier molecular flexibility index (Phi) is 7.58. The highest BCUT2D eigenvalue weighted by Crippen LogP contribution is 2.31. The van der Waals surface area contributed by atoms with Gasteiger partial charge in [0.25, 0.3) is 0 Å². The molecule has 0 atom stereocenters. The summed E-state index contributed by atoms with van der Waals surface area (Å²) < 4.78 is 44.6. The number of nitrogens with one attached hydrogen (secondary N) is 1. The van der Waals surface area contributed by atoms with Crippen molar-refractivity contribution in [3.05, 3.63) is 92.7 Å². The molecule has 0 bridgehead atoms. The molecule has 10 heteroatoms. The van der Waals surface area contributed by atoms with Crippen LogP contribution in [0.25, 0.3) is 11.0 Å². The lowest BCUT2D eigenvalue weighted by Gasteiger charge is -2.11. The van der Waals surface area contributed by atoms with E-state index in [0.717, 1.165) is 5.56 Å². The molecule has 0 aliphatic heterocycles. The van der Waals surface area contributed by atoms with Gasteiger partial charge in [-0.1, -0.05) is 29.8 Å². The van der Waals surface area contributed by atoms with E-state index in [-0.39, 0.29) is 51.5 Å². The van der Waals surface area contributed by atoms with Crippen molar-refractivity contribution in [1.29, 1.82) is 0 Å². The summed E-state index contributed by atoms with van der Waals surface area (Å²) in [5.41, 5.74) is 0.794. The maximum absolute atomic E-state index is 13.0. The first-order valence-electron chi connectivity index (χ1n) is 10.9. The van der Waals surface area contributed by atoms with Gasteiger partial charge in [-0.3, -0.25) is 9.59 Å². The molecule has 0 spiro atoms. The zero-order valence-corrected chi connectivity index (χ0v) is 21.8. The minimum Gasteiger partial charge on any atom is -0.457 e. The molecule has 8 nitrogen and oxygen atoms in total. The average molecular weight is 572 g/mol. The fraction of sp³-hybridized carbons (Fsp3) is 0.154. The molecule has 0 saturated carbocycles. The maximum atomic E-state index is 13.0. The standard InChI is InChI=1S/C26H22BrNO7S/c1-16-7-10-19(11-8-16)36(31,32)28-14-13-24(29)34-18-9-12-20-23(15-18)33-17(2)26(25(20)30)35-22-6-4-3-5-21(22)27/h3-12,15,28H,13-14H2,1-2H3. The predicted octanol–water partition coefficient (Wildman–Crippen LogP) is 5.24. The molecule has 0 saturated heterocycles. The van der Waals surface area contributed by atoms with Crippen LogP contribution in [0.5, 0.6) is 17.2 Å². The zero-order chi connectivity index (χ0) is 25.9. The van der Waals surface area contributed by atoms with Crippen LogP contribution in [-0.2, 0) is 14.8 Å². The van der Waals surface area contributed by atoms with Crippen molar-refractivity contribution in [2.75, 3.05) is 6.54 Å². The van der Waals surface area contributed by atoms with Gasteiger partial charge < -0.3 is 13.9 Å². The number of carbonyl (C=O) groups excluding carboxylic acids is 1. The number of sulfonamides is 1. The number of rotatable bonds is 8. The Balaban J connectivity index is 1.43. The van der Waals surface area contributed by atoms with E-state index in [9.17, 15) is 18.0 Å². The van der Waals surface area contributed by atoms with E-state index in [1.165, 1.54) is 30.3 Å². The van der Waals surface area contributed by atoms with Gasteiger partial charge >= 0.3 is 5.97 Å². The minimum atomic E-state index is -3.74. The molecule has 0 fully saturated rings. The van der Waals surface area contributed by atoms with Gasteiger partial charge in [-0.25, -0.2) is 13.1 Å². The monoisotopic (exact) mass is 571 g/mol. The lowest BCUT2D eigenvalue weighted by atomic mass is 10.2. The predicted molar refractivity (Wildman–Crippen MR) is 138 cm³/mol. The molecule has 3 aromatic carbocycles. The fourth-order valence-electron chi connectivity index (χ4n) is 3.36. The van der Waals surface area contributed by atoms with Crippen LogP contribution < -0.4 is 19.6 Å². The summed E-state index contributed by atoms with van der Waals surface area (Å²) in [5.74, 6) is 0.304. The quantitative estimate of drug-likeness (QED) is 0.227. The highest BCUT2D eigenvalue weighted by atomic mass is 79.9. The van der Waals surface area contributed by atoms with E-state index in [1.807, 2.05) is 13.0 Å². The normalized spacial score (nSPS) is 11.4. The highest BCUT2D eigenvalue weighted by molar-refractivity contribution is 9.10. The zero-order valence-electron chi connectivity index (χ0n) is 19.4. The van der Waals surface area contributed by atoms with Crippen molar-refractivity contribution in [3.63, 3.8) is 0 Å². The molecule has 0 aliphatic rings. The molecule has 186 valence electrons. The van der Waals surface area contributed by atoms with Gasteiger partial charge in [0.2, 0.25) is 21.2 Å². The van der Waals surface area contributed by atoms with Crippen LogP contribution in [0.3, 0.4) is 0 Å². The first-order chi connectivity index (χ1) is 17.1. The minimum absolute atomic E-state index is 0.0556. The Bertz CT molecular complexity index is 1600. The summed E-state index contributed by atoms with van der Waals surface area (Å²) in [6, 6.07) is 17.9. The number of ether oxygens (including phenoxy) is 2. The number of esters is 1. The van der Waals surface area contributed by atoms with E-state index < -0.39 is 16.0 Å². The van der Waals surface area contributed by atoms with Gasteiger partial charge in [0.05, 0.1) is 21.2 Å². The lowest BCUT2D eigenvalue weighted by Crippen LogP contribution is -2.27. The molecule has 1 N–H and O–H groups in total. The first kappa shape index (κ1) is 25.6. The molecule has 1 heterocycles. The number of carbonyl (C=O) groups is 1. The molecular weight excluding hydrogens is 550 g/mol. The van der Waals surface area contributed by atoms with E-state index >= 15 is 0 Å². The largest absolute Gasteiger partial charge is 0.457 e. The van der Waals surface area contributed by atoms with E-state index in [2.05, 4.69) is 20.7 Å². The molecule has 4 rings (SSSR count). The molecule has 1 aromatic heterocycles. The topological polar surface area (TPSA) is 112 Å². The van der Waals surface area contributed by atoms with Crippen LogP contribution in [0.2, 0.25) is 0 Å². The Morgan fingerprint density at radius 1 is 1.03 bits per heavy atom. The van der Waals surface area contributed by atoms with Gasteiger partial charge in [-0.15, -0.1) is 0 Å². The number of fused-ring (bicyclic) bond motifs is 1. The second-order valence-corrected chi connectivity index (χ2v) is 10.6. The number of benzene rings is 3. The number of hydrogen-bond acceptors (Lipinski definition) is 7. The molecule has 0 aliphatic carbocycles. The van der Waals surface area contributed by atoms with Crippen molar-refractivity contribution >= 4 is 42.9 Å². The number of aryl methyl sites for hydroxylation is 2. The summed E-state index contributed by atoms with van der Waals surface area (Å²) in [5, 5.41) is 0.258. The second-order valence-electron chi connectivity index (χ2n) is 7.94. The van der Waals surface area contributed by atoms with Crippen LogP contribution in [0, 0.1) is 13.8 Å². The summed E-state index contributed by atoms with van der Waals surface area (Å²) in [6.07, 6.45) is -0.190. The van der Waals surface area contributed by atoms with E-state index in [4.69, 9.17) is 13.9 Å². The fourth-order valence-corrected chi connectivity index (χ4v) is 4.76. The average Bonchev–Trinajstić information content (AvgIpc) is 2.83. The van der Waals surface area contributed by atoms with Crippen LogP contribution in [0.1, 0.15) is 17.7 Å². The smallest absolute Gasteiger partial charge is 0.312 e. The van der Waals surface area contributed by atoms with Crippen LogP contribution in [-0.4, -0.2) is 20.9 Å². The Labute approximate surface area is 216 Å². The molecule has 0 radical (unpaired) electrons. The van der Waals surface area contributed by atoms with Crippen LogP contribution >= 0.6 is 15.9 Å². The van der Waals surface area contributed by atoms with Crippen LogP contribution in [0.15, 0.2) is 85.3 Å². The van der Waals surface area contributed by atoms with Gasteiger partial charge in [0.15, 0.2) is 0 Å². The highest BCUT2D eigenvalue weighted by Gasteiger charge is 2.17. The molecular formula is C26H22BrNO7S. The van der Waals surface area contributed by atoms with Crippen molar-refractivity contribution in [2.45, 2.75) is 25.2 Å².